The van der Waals surface area contributed by atoms with Crippen molar-refractivity contribution in [1.29, 1.82) is 0 Å². The van der Waals surface area contributed by atoms with Crippen LogP contribution < -0.4 is 5.32 Å². The average Bonchev–Trinajstić information content (AvgIpc) is 2.40. The molecule has 0 amide bonds. The Morgan fingerprint density at radius 2 is 1.47 bits per heavy atom. The summed E-state index contributed by atoms with van der Waals surface area (Å²) in [5.41, 5.74) is 0. The van der Waals surface area contributed by atoms with Gasteiger partial charge in [0.2, 0.25) is 0 Å². The van der Waals surface area contributed by atoms with E-state index in [1.165, 1.54) is 19.4 Å². The molecule has 4 aliphatic carbocycles. The predicted molar refractivity (Wildman–Crippen MR) is 63.7 cm³/mol. The Morgan fingerprint density at radius 1 is 0.867 bits per heavy atom. The molecule has 4 aliphatic rings. The summed E-state index contributed by atoms with van der Waals surface area (Å²) in [5.74, 6) is 4.34. The van der Waals surface area contributed by atoms with Crippen molar-refractivity contribution < 1.29 is 0 Å². The molecule has 4 fully saturated rings. The molecular formula is C14H25N. The zero-order valence-corrected chi connectivity index (χ0v) is 10.0. The number of hydrogen-bond acceptors (Lipinski definition) is 1. The Labute approximate surface area is 94.0 Å². The summed E-state index contributed by atoms with van der Waals surface area (Å²) in [6.45, 7) is 3.52. The van der Waals surface area contributed by atoms with Crippen LogP contribution in [0.15, 0.2) is 0 Å². The fraction of sp³-hybridized carbons (Fsp3) is 1.00. The zero-order chi connectivity index (χ0) is 10.3. The largest absolute Gasteiger partial charge is 0.314 e. The maximum absolute atomic E-state index is 3.82. The second-order valence-corrected chi connectivity index (χ2v) is 6.33. The van der Waals surface area contributed by atoms with Crippen LogP contribution in [0.4, 0.5) is 0 Å². The summed E-state index contributed by atoms with van der Waals surface area (Å²) in [5, 5.41) is 3.82. The molecule has 86 valence electrons. The van der Waals surface area contributed by atoms with E-state index in [1.54, 1.807) is 32.1 Å². The standard InChI is InChI=1S/C14H25N/c1-2-3-15-14-9-12-5-10-4-11(6-12)8-13(14)7-10/h10-15H,2-9H2,1H3. The smallest absolute Gasteiger partial charge is 0.00981 e. The first-order valence-corrected chi connectivity index (χ1v) is 7.08. The normalized spacial score (nSPS) is 48.2. The van der Waals surface area contributed by atoms with Crippen LogP contribution in [0, 0.1) is 23.7 Å². The lowest BCUT2D eigenvalue weighted by atomic mass is 9.67. The number of hydrogen-bond donors (Lipinski definition) is 1. The van der Waals surface area contributed by atoms with Gasteiger partial charge in [0.15, 0.2) is 0 Å². The van der Waals surface area contributed by atoms with Gasteiger partial charge in [0.1, 0.15) is 0 Å². The summed E-state index contributed by atoms with van der Waals surface area (Å²) in [4.78, 5) is 0. The van der Waals surface area contributed by atoms with Crippen LogP contribution in [0.2, 0.25) is 0 Å². The fourth-order valence-corrected chi connectivity index (χ4v) is 4.69. The van der Waals surface area contributed by atoms with Gasteiger partial charge in [-0.3, -0.25) is 0 Å². The van der Waals surface area contributed by atoms with E-state index < -0.39 is 0 Å². The van der Waals surface area contributed by atoms with Crippen LogP contribution in [0.1, 0.15) is 51.9 Å². The SMILES string of the molecule is CCCNC1CC2CC3CC(C2)CC1C3. The summed E-state index contributed by atoms with van der Waals surface area (Å²) < 4.78 is 0. The van der Waals surface area contributed by atoms with Gasteiger partial charge in [-0.1, -0.05) is 6.92 Å². The maximum atomic E-state index is 3.82. The minimum atomic E-state index is 0.880. The molecule has 0 radical (unpaired) electrons. The average molecular weight is 207 g/mol. The Kier molecular flexibility index (Phi) is 2.76. The molecule has 15 heavy (non-hydrogen) atoms. The van der Waals surface area contributed by atoms with Gasteiger partial charge in [0, 0.05) is 6.04 Å². The molecular weight excluding hydrogens is 182 g/mol. The first-order chi connectivity index (χ1) is 7.35. The van der Waals surface area contributed by atoms with Crippen molar-refractivity contribution in [3.8, 4) is 0 Å². The maximum Gasteiger partial charge on any atom is 0.00981 e. The summed E-state index contributed by atoms with van der Waals surface area (Å²) in [6.07, 6.45) is 10.6. The van der Waals surface area contributed by atoms with Crippen molar-refractivity contribution in [1.82, 2.24) is 5.32 Å². The number of nitrogens with one attached hydrogen (secondary N) is 1. The lowest BCUT2D eigenvalue weighted by molar-refractivity contribution is 0.129. The van der Waals surface area contributed by atoms with Gasteiger partial charge in [-0.2, -0.15) is 0 Å². The van der Waals surface area contributed by atoms with E-state index in [1.807, 2.05) is 0 Å². The third kappa shape index (κ3) is 1.95. The molecule has 0 spiro atoms. The van der Waals surface area contributed by atoms with E-state index in [2.05, 4.69) is 12.2 Å². The Bertz CT molecular complexity index is 211. The van der Waals surface area contributed by atoms with Crippen molar-refractivity contribution in [2.24, 2.45) is 23.7 Å². The van der Waals surface area contributed by atoms with Crippen molar-refractivity contribution >= 4 is 0 Å². The third-order valence-corrected chi connectivity index (χ3v) is 5.08. The van der Waals surface area contributed by atoms with Gasteiger partial charge < -0.3 is 5.32 Å². The van der Waals surface area contributed by atoms with Gasteiger partial charge in [0.25, 0.3) is 0 Å². The topological polar surface area (TPSA) is 12.0 Å². The quantitative estimate of drug-likeness (QED) is 0.749. The molecule has 1 nitrogen and oxygen atoms in total. The van der Waals surface area contributed by atoms with E-state index in [0.717, 1.165) is 29.7 Å². The Hall–Kier alpha value is -0.0400. The molecule has 0 aromatic carbocycles. The third-order valence-electron chi connectivity index (χ3n) is 5.08. The first-order valence-electron chi connectivity index (χ1n) is 7.08. The molecule has 4 rings (SSSR count). The zero-order valence-electron chi connectivity index (χ0n) is 10.0. The molecule has 3 unspecified atom stereocenters. The van der Waals surface area contributed by atoms with E-state index >= 15 is 0 Å². The molecule has 1 N–H and O–H groups in total. The highest BCUT2D eigenvalue weighted by Gasteiger charge is 2.43. The molecule has 3 atom stereocenters. The molecule has 4 bridgehead atoms. The molecule has 0 aromatic rings. The van der Waals surface area contributed by atoms with Gasteiger partial charge in [-0.25, -0.2) is 0 Å². The van der Waals surface area contributed by atoms with Crippen molar-refractivity contribution in [2.75, 3.05) is 6.54 Å². The second-order valence-electron chi connectivity index (χ2n) is 6.33. The van der Waals surface area contributed by atoms with Crippen molar-refractivity contribution in [3.63, 3.8) is 0 Å². The lowest BCUT2D eigenvalue weighted by Gasteiger charge is -2.39. The predicted octanol–water partition coefficient (Wildman–Crippen LogP) is 3.20. The van der Waals surface area contributed by atoms with Gasteiger partial charge >= 0.3 is 0 Å². The fourth-order valence-electron chi connectivity index (χ4n) is 4.69. The molecule has 1 heteroatoms. The van der Waals surface area contributed by atoms with E-state index in [4.69, 9.17) is 0 Å². The monoisotopic (exact) mass is 207 g/mol. The van der Waals surface area contributed by atoms with Crippen molar-refractivity contribution in [3.05, 3.63) is 0 Å². The van der Waals surface area contributed by atoms with Crippen LogP contribution in [-0.4, -0.2) is 12.6 Å². The summed E-state index contributed by atoms with van der Waals surface area (Å²) >= 11 is 0. The van der Waals surface area contributed by atoms with Crippen LogP contribution in [-0.2, 0) is 0 Å². The number of fused-ring (bicyclic) bond motifs is 1. The second kappa shape index (κ2) is 4.08. The minimum Gasteiger partial charge on any atom is -0.314 e. The molecule has 0 saturated heterocycles. The first kappa shape index (κ1) is 10.1. The molecule has 0 aliphatic heterocycles. The Balaban J connectivity index is 1.71. The van der Waals surface area contributed by atoms with Crippen LogP contribution >= 0.6 is 0 Å². The highest BCUT2D eigenvalue weighted by molar-refractivity contribution is 4.96. The van der Waals surface area contributed by atoms with Crippen LogP contribution in [0.5, 0.6) is 0 Å². The molecule has 4 saturated carbocycles. The summed E-state index contributed by atoms with van der Waals surface area (Å²) in [6, 6.07) is 0.880. The van der Waals surface area contributed by atoms with E-state index in [-0.39, 0.29) is 0 Å². The van der Waals surface area contributed by atoms with Gasteiger partial charge in [-0.05, 0) is 75.2 Å². The van der Waals surface area contributed by atoms with E-state index in [0.29, 0.717) is 0 Å². The summed E-state index contributed by atoms with van der Waals surface area (Å²) in [7, 11) is 0. The van der Waals surface area contributed by atoms with Crippen LogP contribution in [0.25, 0.3) is 0 Å². The number of rotatable bonds is 3. The highest BCUT2D eigenvalue weighted by Crippen LogP contribution is 2.51. The Morgan fingerprint density at radius 3 is 2.07 bits per heavy atom. The van der Waals surface area contributed by atoms with Crippen LogP contribution in [0.3, 0.4) is 0 Å². The van der Waals surface area contributed by atoms with E-state index in [9.17, 15) is 0 Å². The highest BCUT2D eigenvalue weighted by atomic mass is 14.9. The lowest BCUT2D eigenvalue weighted by Crippen LogP contribution is -2.38. The van der Waals surface area contributed by atoms with Gasteiger partial charge in [0.05, 0.1) is 0 Å². The minimum absolute atomic E-state index is 0.880. The van der Waals surface area contributed by atoms with Gasteiger partial charge in [-0.15, -0.1) is 0 Å². The van der Waals surface area contributed by atoms with Crippen molar-refractivity contribution in [2.45, 2.75) is 57.9 Å². The molecule has 0 heterocycles. The molecule has 0 aromatic heterocycles.